The van der Waals surface area contributed by atoms with Crippen molar-refractivity contribution in [3.63, 3.8) is 0 Å². The summed E-state index contributed by atoms with van der Waals surface area (Å²) < 4.78 is 2.83. The van der Waals surface area contributed by atoms with Crippen LogP contribution in [0.2, 0.25) is 0 Å². The zero-order valence-electron chi connectivity index (χ0n) is 17.5. The number of nitrogens with one attached hydrogen (secondary N) is 1. The van der Waals surface area contributed by atoms with Crippen LogP contribution in [0.5, 0.6) is 0 Å². The van der Waals surface area contributed by atoms with Gasteiger partial charge in [0.15, 0.2) is 11.0 Å². The van der Waals surface area contributed by atoms with Crippen LogP contribution in [-0.4, -0.2) is 37.6 Å². The number of benzene rings is 3. The van der Waals surface area contributed by atoms with E-state index < -0.39 is 4.92 Å². The molecule has 0 aliphatic carbocycles. The van der Waals surface area contributed by atoms with Crippen molar-refractivity contribution < 1.29 is 9.72 Å². The van der Waals surface area contributed by atoms with Gasteiger partial charge in [-0.2, -0.15) is 5.10 Å². The highest BCUT2D eigenvalue weighted by atomic mass is 79.9. The molecule has 11 heteroatoms. The third-order valence-corrected chi connectivity index (χ3v) is 5.99. The first-order chi connectivity index (χ1) is 16.5. The van der Waals surface area contributed by atoms with E-state index in [0.717, 1.165) is 15.7 Å². The summed E-state index contributed by atoms with van der Waals surface area (Å²) in [5, 5.41) is 23.9. The maximum Gasteiger partial charge on any atom is 0.269 e. The zero-order valence-corrected chi connectivity index (χ0v) is 19.9. The van der Waals surface area contributed by atoms with Gasteiger partial charge in [-0.25, -0.2) is 5.43 Å². The number of carbonyl (C=O) groups excluding carboxylic acids is 1. The van der Waals surface area contributed by atoms with Crippen LogP contribution in [-0.2, 0) is 4.79 Å². The second-order valence-electron chi connectivity index (χ2n) is 6.92. The number of hydrogen-bond acceptors (Lipinski definition) is 7. The summed E-state index contributed by atoms with van der Waals surface area (Å²) >= 11 is 4.73. The fourth-order valence-electron chi connectivity index (χ4n) is 3.01. The highest BCUT2D eigenvalue weighted by Crippen LogP contribution is 2.29. The highest BCUT2D eigenvalue weighted by Gasteiger charge is 2.17. The predicted octanol–water partition coefficient (Wildman–Crippen LogP) is 4.85. The van der Waals surface area contributed by atoms with E-state index in [2.05, 4.69) is 36.7 Å². The fourth-order valence-corrected chi connectivity index (χ4v) is 4.15. The van der Waals surface area contributed by atoms with Gasteiger partial charge >= 0.3 is 0 Å². The normalized spacial score (nSPS) is 11.0. The van der Waals surface area contributed by atoms with Gasteiger partial charge in [0.05, 0.1) is 16.9 Å². The second-order valence-corrected chi connectivity index (χ2v) is 8.78. The van der Waals surface area contributed by atoms with E-state index >= 15 is 0 Å². The van der Waals surface area contributed by atoms with Crippen molar-refractivity contribution in [3.8, 4) is 17.1 Å². The molecule has 4 aromatic rings. The Bertz CT molecular complexity index is 1340. The van der Waals surface area contributed by atoms with Crippen LogP contribution in [0.25, 0.3) is 17.1 Å². The molecule has 1 N–H and O–H groups in total. The number of amides is 1. The SMILES string of the molecule is O=C(CSc1nnc(-c2cccc(Br)c2)n1-c1ccccc1)N/N=C/c1ccc([N+](=O)[O-])cc1. The molecule has 0 saturated heterocycles. The number of nitro benzene ring substituents is 1. The van der Waals surface area contributed by atoms with Gasteiger partial charge in [0.1, 0.15) is 0 Å². The van der Waals surface area contributed by atoms with Crippen LogP contribution >= 0.6 is 27.7 Å². The largest absolute Gasteiger partial charge is 0.272 e. The van der Waals surface area contributed by atoms with Crippen molar-refractivity contribution in [2.75, 3.05) is 5.75 Å². The summed E-state index contributed by atoms with van der Waals surface area (Å²) in [6.07, 6.45) is 1.42. The summed E-state index contributed by atoms with van der Waals surface area (Å²) in [6.45, 7) is 0. The first-order valence-corrected chi connectivity index (χ1v) is 11.7. The predicted molar refractivity (Wildman–Crippen MR) is 134 cm³/mol. The molecule has 0 spiro atoms. The van der Waals surface area contributed by atoms with E-state index in [4.69, 9.17) is 0 Å². The number of rotatable bonds is 8. The van der Waals surface area contributed by atoms with Crippen LogP contribution in [0.1, 0.15) is 5.56 Å². The summed E-state index contributed by atoms with van der Waals surface area (Å²) in [7, 11) is 0. The van der Waals surface area contributed by atoms with Gasteiger partial charge < -0.3 is 0 Å². The van der Waals surface area contributed by atoms with Crippen LogP contribution in [0.4, 0.5) is 5.69 Å². The van der Waals surface area contributed by atoms with Crippen molar-refractivity contribution >= 4 is 45.5 Å². The van der Waals surface area contributed by atoms with Crippen molar-refractivity contribution in [1.82, 2.24) is 20.2 Å². The lowest BCUT2D eigenvalue weighted by atomic mass is 10.2. The number of aromatic nitrogens is 3. The Morgan fingerprint density at radius 3 is 2.56 bits per heavy atom. The zero-order chi connectivity index (χ0) is 23.9. The van der Waals surface area contributed by atoms with Crippen LogP contribution < -0.4 is 5.43 Å². The number of para-hydroxylation sites is 1. The Morgan fingerprint density at radius 1 is 1.09 bits per heavy atom. The summed E-state index contributed by atoms with van der Waals surface area (Å²) in [5.74, 6) is 0.405. The molecule has 0 aliphatic rings. The van der Waals surface area contributed by atoms with Crippen molar-refractivity contribution in [2.24, 2.45) is 5.10 Å². The minimum absolute atomic E-state index is 0.0117. The number of nitro groups is 1. The number of carbonyl (C=O) groups is 1. The van der Waals surface area contributed by atoms with Crippen LogP contribution in [0.15, 0.2) is 93.6 Å². The van der Waals surface area contributed by atoms with Gasteiger partial charge in [0.2, 0.25) is 0 Å². The van der Waals surface area contributed by atoms with Gasteiger partial charge in [0.25, 0.3) is 11.6 Å². The molecule has 0 unspecified atom stereocenters. The molecule has 1 aromatic heterocycles. The number of thioether (sulfide) groups is 1. The second kappa shape index (κ2) is 10.9. The minimum atomic E-state index is -0.476. The van der Waals surface area contributed by atoms with Gasteiger partial charge in [-0.15, -0.1) is 10.2 Å². The number of non-ortho nitro benzene ring substituents is 1. The average molecular weight is 537 g/mol. The topological polar surface area (TPSA) is 115 Å². The van der Waals surface area contributed by atoms with Gasteiger partial charge in [-0.1, -0.05) is 58.0 Å². The molecule has 0 saturated carbocycles. The smallest absolute Gasteiger partial charge is 0.269 e. The van der Waals surface area contributed by atoms with Crippen molar-refractivity contribution in [1.29, 1.82) is 0 Å². The number of hydrogen-bond donors (Lipinski definition) is 1. The molecule has 0 fully saturated rings. The Kier molecular flexibility index (Phi) is 7.45. The molecule has 4 rings (SSSR count). The molecule has 9 nitrogen and oxygen atoms in total. The van der Waals surface area contributed by atoms with Crippen LogP contribution in [0.3, 0.4) is 0 Å². The summed E-state index contributed by atoms with van der Waals surface area (Å²) in [6, 6.07) is 23.3. The van der Waals surface area contributed by atoms with E-state index in [0.29, 0.717) is 16.5 Å². The molecule has 0 bridgehead atoms. The third-order valence-electron chi connectivity index (χ3n) is 4.57. The molecule has 34 heavy (non-hydrogen) atoms. The van der Waals surface area contributed by atoms with Crippen molar-refractivity contribution in [2.45, 2.75) is 5.16 Å². The average Bonchev–Trinajstić information content (AvgIpc) is 3.28. The van der Waals surface area contributed by atoms with E-state index in [1.807, 2.05) is 59.2 Å². The molecule has 1 amide bonds. The molecule has 170 valence electrons. The maximum atomic E-state index is 12.3. The Hall–Kier alpha value is -3.83. The third kappa shape index (κ3) is 5.74. The molecular weight excluding hydrogens is 520 g/mol. The molecule has 0 aliphatic heterocycles. The van der Waals surface area contributed by atoms with Gasteiger partial charge in [-0.3, -0.25) is 19.5 Å². The minimum Gasteiger partial charge on any atom is -0.272 e. The lowest BCUT2D eigenvalue weighted by Crippen LogP contribution is -2.20. The fraction of sp³-hybridized carbons (Fsp3) is 0.0435. The first-order valence-electron chi connectivity index (χ1n) is 9.97. The molecule has 0 atom stereocenters. The van der Waals surface area contributed by atoms with Crippen molar-refractivity contribution in [3.05, 3.63) is 99.0 Å². The molecule has 0 radical (unpaired) electrons. The quantitative estimate of drug-likeness (QED) is 0.149. The number of hydrazone groups is 1. The molecular formula is C23H17BrN6O3S. The standard InChI is InChI=1S/C23H17BrN6O3S/c24-18-6-4-5-17(13-18)22-27-28-23(29(22)19-7-2-1-3-8-19)34-15-21(31)26-25-14-16-9-11-20(12-10-16)30(32)33/h1-14H,15H2,(H,26,31)/b25-14+. The lowest BCUT2D eigenvalue weighted by molar-refractivity contribution is -0.384. The number of halogens is 1. The monoisotopic (exact) mass is 536 g/mol. The van der Waals surface area contributed by atoms with E-state index in [9.17, 15) is 14.9 Å². The Labute approximate surface area is 207 Å². The Morgan fingerprint density at radius 2 is 1.85 bits per heavy atom. The lowest BCUT2D eigenvalue weighted by Gasteiger charge is -2.10. The van der Waals surface area contributed by atoms with Gasteiger partial charge in [0, 0.05) is 27.9 Å². The molecule has 3 aromatic carbocycles. The van der Waals surface area contributed by atoms with Gasteiger partial charge in [-0.05, 0) is 42.0 Å². The first kappa shape index (κ1) is 23.3. The van der Waals surface area contributed by atoms with E-state index in [1.54, 1.807) is 12.1 Å². The summed E-state index contributed by atoms with van der Waals surface area (Å²) in [5.41, 5.74) is 4.83. The maximum absolute atomic E-state index is 12.3. The summed E-state index contributed by atoms with van der Waals surface area (Å²) in [4.78, 5) is 22.6. The van der Waals surface area contributed by atoms with Crippen LogP contribution in [0, 0.1) is 10.1 Å². The highest BCUT2D eigenvalue weighted by molar-refractivity contribution is 9.10. The van der Waals surface area contributed by atoms with E-state index in [1.165, 1.54) is 30.1 Å². The number of nitrogens with zero attached hydrogens (tertiary/aromatic N) is 5. The Balaban J connectivity index is 1.46. The van der Waals surface area contributed by atoms with E-state index in [-0.39, 0.29) is 17.3 Å². The molecule has 1 heterocycles.